The Morgan fingerprint density at radius 2 is 1.94 bits per heavy atom. The number of halogens is 1. The lowest BCUT2D eigenvalue weighted by atomic mass is 9.98. The van der Waals surface area contributed by atoms with Crippen LogP contribution in [0.2, 0.25) is 0 Å². The molecule has 0 aromatic heterocycles. The topological polar surface area (TPSA) is 81.4 Å². The fourth-order valence-electron chi connectivity index (χ4n) is 1.55. The molecule has 1 fully saturated rings. The molecular weight excluding hydrogens is 232 g/mol. The van der Waals surface area contributed by atoms with E-state index < -0.39 is 5.97 Å². The molecule has 0 amide bonds. The van der Waals surface area contributed by atoms with Gasteiger partial charge in [0.2, 0.25) is 0 Å². The second-order valence-corrected chi connectivity index (χ2v) is 3.71. The summed E-state index contributed by atoms with van der Waals surface area (Å²) in [5.41, 5.74) is 5.25. The molecule has 16 heavy (non-hydrogen) atoms. The largest absolute Gasteiger partial charge is 0.393 e. The lowest BCUT2D eigenvalue weighted by molar-refractivity contribution is -0.163. The molecule has 1 aliphatic heterocycles. The number of esters is 2. The zero-order chi connectivity index (χ0) is 11.1. The molecule has 0 unspecified atom stereocenters. The van der Waals surface area contributed by atoms with Gasteiger partial charge in [0.1, 0.15) is 0 Å². The van der Waals surface area contributed by atoms with Crippen molar-refractivity contribution in [3.63, 3.8) is 0 Å². The van der Waals surface area contributed by atoms with Crippen LogP contribution in [-0.4, -0.2) is 31.6 Å². The second-order valence-electron chi connectivity index (χ2n) is 3.71. The molecule has 0 atom stereocenters. The summed E-state index contributed by atoms with van der Waals surface area (Å²) in [6, 6.07) is 0. The maximum absolute atomic E-state index is 11.5. The first kappa shape index (κ1) is 15.3. The first-order chi connectivity index (χ1) is 7.24. The molecule has 1 rings (SSSR count). The third-order valence-corrected chi connectivity index (χ3v) is 2.47. The van der Waals surface area contributed by atoms with Crippen LogP contribution in [0, 0.1) is 5.92 Å². The van der Waals surface area contributed by atoms with E-state index in [1.807, 2.05) is 0 Å². The Kier molecular flexibility index (Phi) is 8.15. The maximum Gasteiger partial charge on any atom is 0.316 e. The molecule has 0 aromatic carbocycles. The van der Waals surface area contributed by atoms with Gasteiger partial charge in [0.05, 0.1) is 5.92 Å². The molecule has 6 heteroatoms. The van der Waals surface area contributed by atoms with Crippen molar-refractivity contribution in [3.8, 4) is 0 Å². The average Bonchev–Trinajstić information content (AvgIpc) is 2.27. The minimum Gasteiger partial charge on any atom is -0.393 e. The van der Waals surface area contributed by atoms with E-state index in [0.717, 1.165) is 25.9 Å². The summed E-state index contributed by atoms with van der Waals surface area (Å²) in [6.45, 7) is 2.07. The van der Waals surface area contributed by atoms with Crippen LogP contribution >= 0.6 is 12.4 Å². The molecular formula is C10H19ClN2O3. The van der Waals surface area contributed by atoms with Crippen molar-refractivity contribution >= 4 is 24.3 Å². The van der Waals surface area contributed by atoms with Crippen LogP contribution in [0.1, 0.15) is 25.7 Å². The van der Waals surface area contributed by atoms with Gasteiger partial charge in [0, 0.05) is 6.42 Å². The number of hydrogen-bond donors (Lipinski definition) is 2. The van der Waals surface area contributed by atoms with Crippen molar-refractivity contribution in [2.24, 2.45) is 11.7 Å². The van der Waals surface area contributed by atoms with Gasteiger partial charge in [0.15, 0.2) is 0 Å². The lowest BCUT2D eigenvalue weighted by Gasteiger charge is -2.20. The molecule has 5 nitrogen and oxygen atoms in total. The normalized spacial score (nSPS) is 16.3. The number of nitrogens with two attached hydrogens (primary N) is 1. The summed E-state index contributed by atoms with van der Waals surface area (Å²) in [4.78, 5) is 22.6. The molecule has 1 saturated heterocycles. The predicted octanol–water partition coefficient (Wildman–Crippen LogP) is 0.216. The SMILES string of the molecule is Cl.NCCCC(=O)OC(=O)C1CCNCC1. The van der Waals surface area contributed by atoms with Crippen LogP contribution in [0.5, 0.6) is 0 Å². The van der Waals surface area contributed by atoms with E-state index in [9.17, 15) is 9.59 Å². The summed E-state index contributed by atoms with van der Waals surface area (Å²) in [7, 11) is 0. The summed E-state index contributed by atoms with van der Waals surface area (Å²) < 4.78 is 4.73. The van der Waals surface area contributed by atoms with Gasteiger partial charge >= 0.3 is 11.9 Å². The number of carbonyl (C=O) groups is 2. The van der Waals surface area contributed by atoms with Gasteiger partial charge in [-0.15, -0.1) is 12.4 Å². The van der Waals surface area contributed by atoms with Gasteiger partial charge in [-0.05, 0) is 38.9 Å². The zero-order valence-corrected chi connectivity index (χ0v) is 10.1. The van der Waals surface area contributed by atoms with Crippen LogP contribution < -0.4 is 11.1 Å². The van der Waals surface area contributed by atoms with E-state index in [0.29, 0.717) is 13.0 Å². The predicted molar refractivity (Wildman–Crippen MR) is 62.2 cm³/mol. The molecule has 0 aromatic rings. The minimum atomic E-state index is -0.455. The number of carbonyl (C=O) groups excluding carboxylic acids is 2. The Morgan fingerprint density at radius 1 is 1.31 bits per heavy atom. The zero-order valence-electron chi connectivity index (χ0n) is 9.24. The third kappa shape index (κ3) is 5.44. The van der Waals surface area contributed by atoms with Crippen molar-refractivity contribution in [1.29, 1.82) is 0 Å². The molecule has 1 aliphatic rings. The van der Waals surface area contributed by atoms with E-state index in [1.165, 1.54) is 0 Å². The van der Waals surface area contributed by atoms with Crippen molar-refractivity contribution < 1.29 is 14.3 Å². The summed E-state index contributed by atoms with van der Waals surface area (Å²) >= 11 is 0. The van der Waals surface area contributed by atoms with Gasteiger partial charge in [0.25, 0.3) is 0 Å². The molecule has 0 radical (unpaired) electrons. The minimum absolute atomic E-state index is 0. The number of rotatable bonds is 4. The number of hydrogen-bond acceptors (Lipinski definition) is 5. The van der Waals surface area contributed by atoms with Crippen LogP contribution in [0.25, 0.3) is 0 Å². The Labute approximate surface area is 101 Å². The summed E-state index contributed by atoms with van der Waals surface area (Å²) in [5.74, 6) is -0.949. The van der Waals surface area contributed by atoms with Crippen LogP contribution in [-0.2, 0) is 14.3 Å². The van der Waals surface area contributed by atoms with Crippen LogP contribution in [0.3, 0.4) is 0 Å². The fraction of sp³-hybridized carbons (Fsp3) is 0.800. The van der Waals surface area contributed by atoms with Crippen LogP contribution in [0.15, 0.2) is 0 Å². The standard InChI is InChI=1S/C10H18N2O3.ClH/c11-5-1-2-9(13)15-10(14)8-3-6-12-7-4-8;/h8,12H,1-7,11H2;1H. The lowest BCUT2D eigenvalue weighted by Crippen LogP contribution is -2.33. The third-order valence-electron chi connectivity index (χ3n) is 2.47. The number of piperidine rings is 1. The second kappa shape index (κ2) is 8.50. The quantitative estimate of drug-likeness (QED) is 0.551. The molecule has 94 valence electrons. The monoisotopic (exact) mass is 250 g/mol. The Bertz CT molecular complexity index is 230. The van der Waals surface area contributed by atoms with Crippen molar-refractivity contribution in [2.45, 2.75) is 25.7 Å². The van der Waals surface area contributed by atoms with Gasteiger partial charge < -0.3 is 15.8 Å². The Balaban J connectivity index is 0.00000225. The smallest absolute Gasteiger partial charge is 0.316 e. The Morgan fingerprint density at radius 3 is 2.50 bits per heavy atom. The molecule has 0 saturated carbocycles. The van der Waals surface area contributed by atoms with E-state index in [4.69, 9.17) is 10.5 Å². The van der Waals surface area contributed by atoms with Gasteiger partial charge in [-0.25, -0.2) is 0 Å². The number of ether oxygens (including phenoxy) is 1. The first-order valence-corrected chi connectivity index (χ1v) is 5.39. The summed E-state index contributed by atoms with van der Waals surface area (Å²) in [6.07, 6.45) is 2.30. The molecule has 3 N–H and O–H groups in total. The van der Waals surface area contributed by atoms with Crippen LogP contribution in [0.4, 0.5) is 0 Å². The highest BCUT2D eigenvalue weighted by Gasteiger charge is 2.24. The average molecular weight is 251 g/mol. The van der Waals surface area contributed by atoms with E-state index in [-0.39, 0.29) is 30.7 Å². The first-order valence-electron chi connectivity index (χ1n) is 5.39. The molecule has 0 aliphatic carbocycles. The van der Waals surface area contributed by atoms with E-state index >= 15 is 0 Å². The number of nitrogens with one attached hydrogen (secondary N) is 1. The van der Waals surface area contributed by atoms with Gasteiger partial charge in [-0.2, -0.15) is 0 Å². The highest BCUT2D eigenvalue weighted by Crippen LogP contribution is 2.13. The van der Waals surface area contributed by atoms with Crippen molar-refractivity contribution in [2.75, 3.05) is 19.6 Å². The molecule has 0 spiro atoms. The molecule has 0 bridgehead atoms. The fourth-order valence-corrected chi connectivity index (χ4v) is 1.55. The van der Waals surface area contributed by atoms with E-state index in [2.05, 4.69) is 5.32 Å². The highest BCUT2D eigenvalue weighted by molar-refractivity contribution is 5.86. The Hall–Kier alpha value is -0.650. The van der Waals surface area contributed by atoms with Gasteiger partial charge in [-0.1, -0.05) is 0 Å². The van der Waals surface area contributed by atoms with Crippen molar-refractivity contribution in [3.05, 3.63) is 0 Å². The van der Waals surface area contributed by atoms with Crippen molar-refractivity contribution in [1.82, 2.24) is 5.32 Å². The van der Waals surface area contributed by atoms with E-state index in [1.54, 1.807) is 0 Å². The maximum atomic E-state index is 11.5. The van der Waals surface area contributed by atoms with Gasteiger partial charge in [-0.3, -0.25) is 9.59 Å². The summed E-state index contributed by atoms with van der Waals surface area (Å²) in [5, 5.41) is 3.15. The molecule has 1 heterocycles. The highest BCUT2D eigenvalue weighted by atomic mass is 35.5.